The van der Waals surface area contributed by atoms with Gasteiger partial charge in [-0.2, -0.15) is 5.10 Å². The van der Waals surface area contributed by atoms with Gasteiger partial charge in [0, 0.05) is 28.6 Å². The van der Waals surface area contributed by atoms with E-state index >= 15 is 0 Å². The number of aryl methyl sites for hydroxylation is 1. The summed E-state index contributed by atoms with van der Waals surface area (Å²) in [7, 11) is 0. The van der Waals surface area contributed by atoms with Gasteiger partial charge in [0.05, 0.1) is 11.7 Å². The predicted molar refractivity (Wildman–Crippen MR) is 118 cm³/mol. The molecule has 4 nitrogen and oxygen atoms in total. The molecule has 2 aromatic carbocycles. The second-order valence-electron chi connectivity index (χ2n) is 8.04. The molecule has 0 spiro atoms. The Morgan fingerprint density at radius 3 is 2.55 bits per heavy atom. The van der Waals surface area contributed by atoms with Crippen molar-refractivity contribution in [3.05, 3.63) is 87.2 Å². The molecular formula is C24H26ClN3O. The van der Waals surface area contributed by atoms with Crippen LogP contribution in [0.15, 0.2) is 65.5 Å². The lowest BCUT2D eigenvalue weighted by atomic mass is 9.68. The number of halogens is 1. The normalized spacial score (nSPS) is 21.8. The van der Waals surface area contributed by atoms with Crippen molar-refractivity contribution in [2.24, 2.45) is 5.73 Å². The van der Waals surface area contributed by atoms with Crippen LogP contribution in [0.3, 0.4) is 0 Å². The van der Waals surface area contributed by atoms with Gasteiger partial charge in [-0.3, -0.25) is 4.79 Å². The van der Waals surface area contributed by atoms with E-state index in [4.69, 9.17) is 22.4 Å². The molecule has 0 unspecified atom stereocenters. The molecule has 0 radical (unpaired) electrons. The summed E-state index contributed by atoms with van der Waals surface area (Å²) in [6.07, 6.45) is 3.57. The summed E-state index contributed by atoms with van der Waals surface area (Å²) in [6, 6.07) is 19.7. The number of nitrogens with two attached hydrogens (primary N) is 1. The van der Waals surface area contributed by atoms with Crippen LogP contribution in [0.25, 0.3) is 11.3 Å². The fourth-order valence-corrected chi connectivity index (χ4v) is 4.71. The van der Waals surface area contributed by atoms with Crippen molar-refractivity contribution in [2.45, 2.75) is 44.1 Å². The number of hydrogen-bond donors (Lipinski definition) is 1. The molecule has 1 saturated carbocycles. The maximum absolute atomic E-state index is 12.6. The zero-order valence-corrected chi connectivity index (χ0v) is 17.4. The average Bonchev–Trinajstić information content (AvgIpc) is 2.75. The van der Waals surface area contributed by atoms with Crippen LogP contribution >= 0.6 is 11.6 Å². The van der Waals surface area contributed by atoms with Crippen LogP contribution in [0.1, 0.15) is 42.9 Å². The van der Waals surface area contributed by atoms with Gasteiger partial charge >= 0.3 is 0 Å². The van der Waals surface area contributed by atoms with Gasteiger partial charge in [-0.15, -0.1) is 0 Å². The van der Waals surface area contributed by atoms with E-state index in [2.05, 4.69) is 19.1 Å². The lowest BCUT2D eigenvalue weighted by Crippen LogP contribution is -2.41. The van der Waals surface area contributed by atoms with Gasteiger partial charge < -0.3 is 5.73 Å². The van der Waals surface area contributed by atoms with Crippen molar-refractivity contribution >= 4 is 11.6 Å². The average molecular weight is 408 g/mol. The molecule has 1 aromatic heterocycles. The molecule has 0 bridgehead atoms. The number of aromatic nitrogens is 2. The van der Waals surface area contributed by atoms with E-state index in [0.29, 0.717) is 6.54 Å². The van der Waals surface area contributed by atoms with E-state index in [9.17, 15) is 4.79 Å². The fourth-order valence-electron chi connectivity index (χ4n) is 4.52. The Morgan fingerprint density at radius 2 is 1.86 bits per heavy atom. The van der Waals surface area contributed by atoms with Crippen molar-refractivity contribution in [2.75, 3.05) is 6.54 Å². The van der Waals surface area contributed by atoms with Gasteiger partial charge in [0.1, 0.15) is 0 Å². The number of hydrogen-bond acceptors (Lipinski definition) is 3. The molecule has 29 heavy (non-hydrogen) atoms. The van der Waals surface area contributed by atoms with Gasteiger partial charge in [-0.05, 0) is 61.9 Å². The third-order valence-corrected chi connectivity index (χ3v) is 6.57. The second kappa shape index (κ2) is 8.13. The van der Waals surface area contributed by atoms with E-state index in [1.54, 1.807) is 10.7 Å². The molecule has 2 N–H and O–H groups in total. The molecule has 0 amide bonds. The highest BCUT2D eigenvalue weighted by atomic mass is 35.5. The Balaban J connectivity index is 1.61. The minimum atomic E-state index is -0.0847. The minimum Gasteiger partial charge on any atom is -0.330 e. The van der Waals surface area contributed by atoms with Crippen LogP contribution in [-0.2, 0) is 5.41 Å². The highest BCUT2D eigenvalue weighted by molar-refractivity contribution is 6.30. The van der Waals surface area contributed by atoms with Crippen LogP contribution < -0.4 is 11.3 Å². The first-order valence-corrected chi connectivity index (χ1v) is 10.5. The minimum absolute atomic E-state index is 0.0460. The number of nitrogens with zero attached hydrogens (tertiary/aromatic N) is 2. The molecule has 5 heteroatoms. The maximum Gasteiger partial charge on any atom is 0.267 e. The molecule has 1 fully saturated rings. The summed E-state index contributed by atoms with van der Waals surface area (Å²) in [5, 5.41) is 5.48. The van der Waals surface area contributed by atoms with Gasteiger partial charge in [-0.25, -0.2) is 4.68 Å². The quantitative estimate of drug-likeness (QED) is 0.670. The zero-order valence-electron chi connectivity index (χ0n) is 16.6. The van der Waals surface area contributed by atoms with Crippen LogP contribution in [0.4, 0.5) is 0 Å². The Kier molecular flexibility index (Phi) is 5.57. The second-order valence-corrected chi connectivity index (χ2v) is 8.48. The van der Waals surface area contributed by atoms with E-state index in [1.807, 2.05) is 42.5 Å². The third-order valence-electron chi connectivity index (χ3n) is 6.33. The summed E-state index contributed by atoms with van der Waals surface area (Å²) in [6.45, 7) is 2.64. The van der Waals surface area contributed by atoms with Gasteiger partial charge in [0.15, 0.2) is 0 Å². The van der Waals surface area contributed by atoms with Crippen LogP contribution in [0, 0.1) is 6.92 Å². The Morgan fingerprint density at radius 1 is 1.10 bits per heavy atom. The monoisotopic (exact) mass is 407 g/mol. The molecule has 150 valence electrons. The Labute approximate surface area is 176 Å². The van der Waals surface area contributed by atoms with Crippen molar-refractivity contribution in [3.8, 4) is 11.3 Å². The Bertz CT molecular complexity index is 1070. The zero-order chi connectivity index (χ0) is 20.4. The maximum atomic E-state index is 12.6. The van der Waals surface area contributed by atoms with Crippen molar-refractivity contribution in [1.82, 2.24) is 9.78 Å². The van der Waals surface area contributed by atoms with Gasteiger partial charge in [0.25, 0.3) is 5.56 Å². The summed E-state index contributed by atoms with van der Waals surface area (Å²) in [5.41, 5.74) is 10.3. The standard InChI is InChI=1S/C24H26ClN3O/c1-17-5-2-3-8-21(17)22-9-10-23(29)28(27-22)20-11-13-24(16-26,14-12-20)18-6-4-7-19(25)15-18/h2-10,15,20H,11-14,16,26H2,1H3/t20-,24-. The van der Waals surface area contributed by atoms with Gasteiger partial charge in [-0.1, -0.05) is 48.0 Å². The van der Waals surface area contributed by atoms with E-state index in [0.717, 1.165) is 47.5 Å². The summed E-state index contributed by atoms with van der Waals surface area (Å²) in [4.78, 5) is 12.6. The summed E-state index contributed by atoms with van der Waals surface area (Å²) < 4.78 is 1.68. The van der Waals surface area contributed by atoms with Gasteiger partial charge in [0.2, 0.25) is 0 Å². The number of benzene rings is 2. The summed E-state index contributed by atoms with van der Waals surface area (Å²) in [5.74, 6) is 0. The van der Waals surface area contributed by atoms with Crippen LogP contribution in [0.5, 0.6) is 0 Å². The topological polar surface area (TPSA) is 60.9 Å². The highest BCUT2D eigenvalue weighted by Crippen LogP contribution is 2.42. The van der Waals surface area contributed by atoms with E-state index in [1.165, 1.54) is 5.56 Å². The van der Waals surface area contributed by atoms with Crippen LogP contribution in [-0.4, -0.2) is 16.3 Å². The first-order valence-electron chi connectivity index (χ1n) is 10.1. The first kappa shape index (κ1) is 19.9. The van der Waals surface area contributed by atoms with Crippen molar-refractivity contribution in [3.63, 3.8) is 0 Å². The molecule has 3 aromatic rings. The van der Waals surface area contributed by atoms with Crippen molar-refractivity contribution in [1.29, 1.82) is 0 Å². The van der Waals surface area contributed by atoms with Crippen LogP contribution in [0.2, 0.25) is 5.02 Å². The lowest BCUT2D eigenvalue weighted by molar-refractivity contribution is 0.222. The molecule has 0 aliphatic heterocycles. The van der Waals surface area contributed by atoms with E-state index in [-0.39, 0.29) is 17.0 Å². The Hall–Kier alpha value is -2.43. The molecule has 4 rings (SSSR count). The predicted octanol–water partition coefficient (Wildman–Crippen LogP) is 4.88. The lowest BCUT2D eigenvalue weighted by Gasteiger charge is -2.40. The fraction of sp³-hybridized carbons (Fsp3) is 0.333. The SMILES string of the molecule is Cc1ccccc1-c1ccc(=O)n([C@H]2CC[C@](CN)(c3cccc(Cl)c3)CC2)n1. The molecule has 1 aliphatic rings. The van der Waals surface area contributed by atoms with Crippen molar-refractivity contribution < 1.29 is 0 Å². The molecule has 1 aliphatic carbocycles. The smallest absolute Gasteiger partial charge is 0.267 e. The first-order chi connectivity index (χ1) is 14.0. The molecular weight excluding hydrogens is 382 g/mol. The molecule has 0 atom stereocenters. The number of rotatable bonds is 4. The highest BCUT2D eigenvalue weighted by Gasteiger charge is 2.37. The summed E-state index contributed by atoms with van der Waals surface area (Å²) >= 11 is 6.22. The third kappa shape index (κ3) is 3.87. The molecule has 0 saturated heterocycles. The molecule has 1 heterocycles. The largest absolute Gasteiger partial charge is 0.330 e. The van der Waals surface area contributed by atoms with E-state index < -0.39 is 0 Å².